The molecule has 1 aromatic heterocycles. The van der Waals surface area contributed by atoms with Gasteiger partial charge in [0.25, 0.3) is 0 Å². The van der Waals surface area contributed by atoms with Gasteiger partial charge in [0.1, 0.15) is 0 Å². The Kier molecular flexibility index (Phi) is 4.49. The first-order valence-electron chi connectivity index (χ1n) is 7.75. The number of hydrogen-bond acceptors (Lipinski definition) is 4. The minimum Gasteiger partial charge on any atom is -0.326 e. The molecule has 5 nitrogen and oxygen atoms in total. The summed E-state index contributed by atoms with van der Waals surface area (Å²) in [5.74, 6) is -0.432. The molecule has 2 heterocycles. The summed E-state index contributed by atoms with van der Waals surface area (Å²) in [4.78, 5) is 39.2. The van der Waals surface area contributed by atoms with E-state index in [0.29, 0.717) is 17.8 Å². The Morgan fingerprint density at radius 2 is 1.83 bits per heavy atom. The molecular formula is C18H18N2O3S. The summed E-state index contributed by atoms with van der Waals surface area (Å²) in [7, 11) is 0. The normalized spacial score (nSPS) is 14.3. The van der Waals surface area contributed by atoms with Crippen LogP contribution in [0.2, 0.25) is 0 Å². The highest BCUT2D eigenvalue weighted by molar-refractivity contribution is 7.12. The number of carbonyl (C=O) groups excluding carboxylic acids is 3. The summed E-state index contributed by atoms with van der Waals surface area (Å²) in [6.07, 6.45) is 0.858. The van der Waals surface area contributed by atoms with Gasteiger partial charge in [0.2, 0.25) is 17.7 Å². The second-order valence-electron chi connectivity index (χ2n) is 5.86. The van der Waals surface area contributed by atoms with Crippen LogP contribution in [0.25, 0.3) is 0 Å². The van der Waals surface area contributed by atoms with Gasteiger partial charge in [-0.05, 0) is 49.7 Å². The van der Waals surface area contributed by atoms with Crippen LogP contribution in [0.15, 0.2) is 30.3 Å². The molecule has 1 aliphatic rings. The van der Waals surface area contributed by atoms with E-state index in [0.717, 1.165) is 10.4 Å². The number of benzene rings is 1. The molecule has 3 rings (SSSR count). The van der Waals surface area contributed by atoms with Crippen LogP contribution in [0.3, 0.4) is 0 Å². The number of thiophene rings is 1. The van der Waals surface area contributed by atoms with Crippen molar-refractivity contribution in [1.29, 1.82) is 0 Å². The van der Waals surface area contributed by atoms with Gasteiger partial charge in [-0.3, -0.25) is 19.3 Å². The van der Waals surface area contributed by atoms with Crippen LogP contribution in [0.1, 0.15) is 28.2 Å². The van der Waals surface area contributed by atoms with Crippen molar-refractivity contribution in [3.8, 4) is 0 Å². The van der Waals surface area contributed by atoms with Gasteiger partial charge in [0, 0.05) is 28.3 Å². The molecule has 1 N–H and O–H groups in total. The van der Waals surface area contributed by atoms with E-state index < -0.39 is 0 Å². The Morgan fingerprint density at radius 3 is 2.42 bits per heavy atom. The van der Waals surface area contributed by atoms with E-state index in [2.05, 4.69) is 5.32 Å². The molecule has 0 atom stereocenters. The molecule has 6 heteroatoms. The molecule has 1 fully saturated rings. The maximum absolute atomic E-state index is 12.1. The minimum atomic E-state index is -0.173. The largest absolute Gasteiger partial charge is 0.326 e. The van der Waals surface area contributed by atoms with Crippen LogP contribution >= 0.6 is 11.3 Å². The summed E-state index contributed by atoms with van der Waals surface area (Å²) >= 11 is 1.61. The van der Waals surface area contributed by atoms with E-state index in [1.54, 1.807) is 29.5 Å². The average Bonchev–Trinajstić information content (AvgIpc) is 3.06. The number of rotatable bonds is 4. The molecule has 1 saturated heterocycles. The number of hydrogen-bond donors (Lipinski definition) is 1. The molecular weight excluding hydrogens is 324 g/mol. The number of imide groups is 1. The Bertz CT molecular complexity index is 809. The molecule has 24 heavy (non-hydrogen) atoms. The summed E-state index contributed by atoms with van der Waals surface area (Å²) < 4.78 is 0. The van der Waals surface area contributed by atoms with Crippen molar-refractivity contribution in [2.45, 2.75) is 33.1 Å². The first-order valence-corrected chi connectivity index (χ1v) is 8.57. The molecule has 0 radical (unpaired) electrons. The van der Waals surface area contributed by atoms with Crippen LogP contribution < -0.4 is 10.2 Å². The van der Waals surface area contributed by atoms with E-state index in [-0.39, 0.29) is 30.6 Å². The third-order valence-electron chi connectivity index (χ3n) is 3.90. The van der Waals surface area contributed by atoms with Gasteiger partial charge >= 0.3 is 0 Å². The monoisotopic (exact) mass is 342 g/mol. The van der Waals surface area contributed by atoms with E-state index in [4.69, 9.17) is 0 Å². The number of nitrogens with one attached hydrogen (secondary N) is 1. The summed E-state index contributed by atoms with van der Waals surface area (Å²) in [6.45, 7) is 3.83. The first-order chi connectivity index (χ1) is 11.4. The lowest BCUT2D eigenvalue weighted by atomic mass is 10.1. The second-order valence-corrected chi connectivity index (χ2v) is 7.23. The zero-order valence-corrected chi connectivity index (χ0v) is 14.4. The molecule has 0 unspecified atom stereocenters. The first kappa shape index (κ1) is 16.4. The lowest BCUT2D eigenvalue weighted by Crippen LogP contribution is -2.29. The summed E-state index contributed by atoms with van der Waals surface area (Å²) in [6, 6.07) is 9.17. The minimum absolute atomic E-state index is 0.0858. The molecule has 1 aromatic carbocycles. The highest BCUT2D eigenvalue weighted by Gasteiger charge is 2.31. The SMILES string of the molecule is Cc1ccc(CC(=O)Nc2ccc(N3C(=O)CCC3=O)c(C)c2)s1. The van der Waals surface area contributed by atoms with Crippen molar-refractivity contribution < 1.29 is 14.4 Å². The third kappa shape index (κ3) is 3.38. The second kappa shape index (κ2) is 6.57. The van der Waals surface area contributed by atoms with Gasteiger partial charge in [0.05, 0.1) is 12.1 Å². The van der Waals surface area contributed by atoms with Crippen LogP contribution in [0.4, 0.5) is 11.4 Å². The molecule has 0 spiro atoms. The van der Waals surface area contributed by atoms with Crippen molar-refractivity contribution in [2.75, 3.05) is 10.2 Å². The number of carbonyl (C=O) groups is 3. The van der Waals surface area contributed by atoms with Crippen molar-refractivity contribution in [2.24, 2.45) is 0 Å². The standard InChI is InChI=1S/C18H18N2O3S/c1-11-9-13(19-16(21)10-14-5-3-12(2)24-14)4-6-15(11)20-17(22)7-8-18(20)23/h3-6,9H,7-8,10H2,1-2H3,(H,19,21). The van der Waals surface area contributed by atoms with Gasteiger partial charge in [0.15, 0.2) is 0 Å². The molecule has 3 amide bonds. The smallest absolute Gasteiger partial charge is 0.234 e. The van der Waals surface area contributed by atoms with Crippen molar-refractivity contribution in [3.05, 3.63) is 45.6 Å². The predicted octanol–water partition coefficient (Wildman–Crippen LogP) is 3.20. The molecule has 0 saturated carbocycles. The summed E-state index contributed by atoms with van der Waals surface area (Å²) in [5.41, 5.74) is 2.03. The van der Waals surface area contributed by atoms with Gasteiger partial charge in [-0.15, -0.1) is 11.3 Å². The van der Waals surface area contributed by atoms with Crippen LogP contribution in [0, 0.1) is 13.8 Å². The third-order valence-corrected chi connectivity index (χ3v) is 4.90. The molecule has 124 valence electrons. The maximum atomic E-state index is 12.1. The van der Waals surface area contributed by atoms with Gasteiger partial charge in [-0.2, -0.15) is 0 Å². The fraction of sp³-hybridized carbons (Fsp3) is 0.278. The van der Waals surface area contributed by atoms with Crippen molar-refractivity contribution in [3.63, 3.8) is 0 Å². The zero-order valence-electron chi connectivity index (χ0n) is 13.6. The van der Waals surface area contributed by atoms with E-state index in [1.807, 2.05) is 26.0 Å². The number of aryl methyl sites for hydroxylation is 2. The van der Waals surface area contributed by atoms with Crippen molar-refractivity contribution >= 4 is 40.4 Å². The maximum Gasteiger partial charge on any atom is 0.234 e. The van der Waals surface area contributed by atoms with Crippen LogP contribution in [0.5, 0.6) is 0 Å². The Morgan fingerprint density at radius 1 is 1.12 bits per heavy atom. The van der Waals surface area contributed by atoms with Gasteiger partial charge in [-0.1, -0.05) is 0 Å². The Labute approximate surface area is 144 Å². The zero-order chi connectivity index (χ0) is 17.3. The quantitative estimate of drug-likeness (QED) is 0.868. The molecule has 0 bridgehead atoms. The topological polar surface area (TPSA) is 66.5 Å². The van der Waals surface area contributed by atoms with Crippen LogP contribution in [-0.2, 0) is 20.8 Å². The summed E-state index contributed by atoms with van der Waals surface area (Å²) in [5, 5.41) is 2.86. The van der Waals surface area contributed by atoms with E-state index in [9.17, 15) is 14.4 Å². The predicted molar refractivity (Wildman–Crippen MR) is 94.3 cm³/mol. The fourth-order valence-electron chi connectivity index (χ4n) is 2.77. The lowest BCUT2D eigenvalue weighted by Gasteiger charge is -2.17. The van der Waals surface area contributed by atoms with E-state index in [1.165, 1.54) is 9.78 Å². The van der Waals surface area contributed by atoms with Gasteiger partial charge in [-0.25, -0.2) is 0 Å². The Balaban J connectivity index is 1.71. The van der Waals surface area contributed by atoms with Crippen LogP contribution in [-0.4, -0.2) is 17.7 Å². The number of nitrogens with zero attached hydrogens (tertiary/aromatic N) is 1. The number of anilines is 2. The van der Waals surface area contributed by atoms with Crippen molar-refractivity contribution in [1.82, 2.24) is 0 Å². The fourth-order valence-corrected chi connectivity index (χ4v) is 3.66. The lowest BCUT2D eigenvalue weighted by molar-refractivity contribution is -0.121. The highest BCUT2D eigenvalue weighted by Crippen LogP contribution is 2.28. The van der Waals surface area contributed by atoms with Gasteiger partial charge < -0.3 is 5.32 Å². The molecule has 1 aliphatic heterocycles. The van der Waals surface area contributed by atoms with E-state index >= 15 is 0 Å². The molecule has 2 aromatic rings. The molecule has 0 aliphatic carbocycles. The number of amides is 3. The Hall–Kier alpha value is -2.47. The average molecular weight is 342 g/mol. The highest BCUT2D eigenvalue weighted by atomic mass is 32.1.